The van der Waals surface area contributed by atoms with Gasteiger partial charge in [-0.1, -0.05) is 36.4 Å². The van der Waals surface area contributed by atoms with Crippen LogP contribution in [0.3, 0.4) is 0 Å². The van der Waals surface area contributed by atoms with Crippen LogP contribution in [0, 0.1) is 0 Å². The van der Waals surface area contributed by atoms with E-state index in [0.29, 0.717) is 42.1 Å². The highest BCUT2D eigenvalue weighted by Gasteiger charge is 2.46. The lowest BCUT2D eigenvalue weighted by molar-refractivity contribution is -0.139. The zero-order valence-electron chi connectivity index (χ0n) is 18.5. The van der Waals surface area contributed by atoms with Crippen molar-refractivity contribution in [2.45, 2.75) is 19.0 Å². The maximum absolute atomic E-state index is 13.1. The van der Waals surface area contributed by atoms with Gasteiger partial charge in [0.05, 0.1) is 32.2 Å². The Labute approximate surface area is 191 Å². The average molecular weight is 447 g/mol. The third-order valence-electron chi connectivity index (χ3n) is 5.69. The molecule has 1 aliphatic heterocycles. The fourth-order valence-corrected chi connectivity index (χ4v) is 4.07. The number of hydrogen-bond acceptors (Lipinski definition) is 6. The Morgan fingerprint density at radius 2 is 1.79 bits per heavy atom. The second-order valence-electron chi connectivity index (χ2n) is 7.63. The fourth-order valence-electron chi connectivity index (χ4n) is 4.07. The summed E-state index contributed by atoms with van der Waals surface area (Å²) >= 11 is 0. The van der Waals surface area contributed by atoms with Crippen molar-refractivity contribution in [1.29, 1.82) is 0 Å². The van der Waals surface area contributed by atoms with Crippen molar-refractivity contribution in [2.24, 2.45) is 0 Å². The summed E-state index contributed by atoms with van der Waals surface area (Å²) in [6.07, 6.45) is 5.85. The van der Waals surface area contributed by atoms with Crippen LogP contribution in [0.1, 0.15) is 23.6 Å². The first-order valence-electron chi connectivity index (χ1n) is 10.6. The SMILES string of the molecule is COc1ccc(C2C(=C(O)c3ccccc3)C(=O)C(=O)N2CCCn2ccnc2)cc1OC. The summed E-state index contributed by atoms with van der Waals surface area (Å²) in [5.74, 6) is -0.553. The zero-order chi connectivity index (χ0) is 23.4. The number of imidazole rings is 1. The molecule has 1 N–H and O–H groups in total. The number of Topliss-reactive ketones (excluding diaryl/α,β-unsaturated/α-hetero) is 1. The highest BCUT2D eigenvalue weighted by molar-refractivity contribution is 6.46. The average Bonchev–Trinajstić information content (AvgIpc) is 3.46. The molecule has 33 heavy (non-hydrogen) atoms. The van der Waals surface area contributed by atoms with Gasteiger partial charge in [0, 0.05) is 31.0 Å². The van der Waals surface area contributed by atoms with Gasteiger partial charge >= 0.3 is 0 Å². The van der Waals surface area contributed by atoms with Gasteiger partial charge in [0.2, 0.25) is 0 Å². The first kappa shape index (κ1) is 22.1. The number of carbonyl (C=O) groups is 2. The molecule has 1 atom stereocenters. The Hall–Kier alpha value is -4.07. The minimum Gasteiger partial charge on any atom is -0.507 e. The van der Waals surface area contributed by atoms with E-state index < -0.39 is 17.7 Å². The van der Waals surface area contributed by atoms with Crippen molar-refractivity contribution in [3.8, 4) is 11.5 Å². The molecule has 3 aromatic rings. The van der Waals surface area contributed by atoms with Crippen molar-refractivity contribution >= 4 is 17.4 Å². The molecule has 8 nitrogen and oxygen atoms in total. The first-order chi connectivity index (χ1) is 16.0. The van der Waals surface area contributed by atoms with Crippen LogP contribution in [0.15, 0.2) is 72.8 Å². The highest BCUT2D eigenvalue weighted by atomic mass is 16.5. The number of nitrogens with zero attached hydrogens (tertiary/aromatic N) is 3. The molecule has 2 heterocycles. The number of aryl methyl sites for hydroxylation is 1. The summed E-state index contributed by atoms with van der Waals surface area (Å²) in [6.45, 7) is 0.966. The van der Waals surface area contributed by atoms with Crippen LogP contribution >= 0.6 is 0 Å². The number of likely N-dealkylation sites (tertiary alicyclic amines) is 1. The third kappa shape index (κ3) is 4.32. The number of ether oxygens (including phenoxy) is 2. The highest BCUT2D eigenvalue weighted by Crippen LogP contribution is 2.42. The lowest BCUT2D eigenvalue weighted by Crippen LogP contribution is -2.31. The van der Waals surface area contributed by atoms with E-state index in [1.165, 1.54) is 19.1 Å². The molecule has 8 heteroatoms. The number of amides is 1. The smallest absolute Gasteiger partial charge is 0.295 e. The fraction of sp³-hybridized carbons (Fsp3) is 0.240. The van der Waals surface area contributed by atoms with Crippen LogP contribution in [-0.4, -0.2) is 52.0 Å². The molecule has 1 saturated heterocycles. The van der Waals surface area contributed by atoms with E-state index in [9.17, 15) is 14.7 Å². The quantitative estimate of drug-likeness (QED) is 0.323. The Morgan fingerprint density at radius 1 is 1.03 bits per heavy atom. The van der Waals surface area contributed by atoms with Gasteiger partial charge in [-0.3, -0.25) is 9.59 Å². The summed E-state index contributed by atoms with van der Waals surface area (Å²) in [4.78, 5) is 31.7. The topological polar surface area (TPSA) is 93.9 Å². The van der Waals surface area contributed by atoms with Crippen LogP contribution in [0.2, 0.25) is 0 Å². The molecule has 0 bridgehead atoms. The third-order valence-corrected chi connectivity index (χ3v) is 5.69. The van der Waals surface area contributed by atoms with Crippen molar-refractivity contribution in [3.05, 3.63) is 84.0 Å². The zero-order valence-corrected chi connectivity index (χ0v) is 18.5. The lowest BCUT2D eigenvalue weighted by Gasteiger charge is -2.26. The van der Waals surface area contributed by atoms with Crippen LogP contribution in [0.5, 0.6) is 11.5 Å². The minimum atomic E-state index is -0.757. The summed E-state index contributed by atoms with van der Waals surface area (Å²) in [5, 5.41) is 11.1. The van der Waals surface area contributed by atoms with E-state index in [1.807, 2.05) is 16.8 Å². The molecule has 2 aromatic carbocycles. The Morgan fingerprint density at radius 3 is 2.45 bits per heavy atom. The Bertz CT molecular complexity index is 1170. The summed E-state index contributed by atoms with van der Waals surface area (Å²) in [7, 11) is 3.06. The van der Waals surface area contributed by atoms with Gasteiger partial charge in [-0.05, 0) is 24.1 Å². The minimum absolute atomic E-state index is 0.0565. The number of hydrogen-bond donors (Lipinski definition) is 1. The van der Waals surface area contributed by atoms with Crippen molar-refractivity contribution in [3.63, 3.8) is 0 Å². The largest absolute Gasteiger partial charge is 0.507 e. The molecule has 0 aliphatic carbocycles. The Kier molecular flexibility index (Phi) is 6.44. The second-order valence-corrected chi connectivity index (χ2v) is 7.63. The molecule has 1 aliphatic rings. The van der Waals surface area contributed by atoms with Gasteiger partial charge in [0.25, 0.3) is 11.7 Å². The molecular weight excluding hydrogens is 422 g/mol. The molecule has 0 saturated carbocycles. The van der Waals surface area contributed by atoms with Crippen LogP contribution in [0.4, 0.5) is 0 Å². The molecular formula is C25H25N3O5. The van der Waals surface area contributed by atoms with E-state index >= 15 is 0 Å². The molecule has 1 amide bonds. The molecule has 1 fully saturated rings. The summed E-state index contributed by atoms with van der Waals surface area (Å²) in [6, 6.07) is 13.2. The number of ketones is 1. The van der Waals surface area contributed by atoms with Gasteiger partial charge in [-0.25, -0.2) is 4.98 Å². The molecule has 170 valence electrons. The van der Waals surface area contributed by atoms with Crippen molar-refractivity contribution in [2.75, 3.05) is 20.8 Å². The van der Waals surface area contributed by atoms with Crippen LogP contribution in [0.25, 0.3) is 5.76 Å². The van der Waals surface area contributed by atoms with Gasteiger partial charge in [0.15, 0.2) is 11.5 Å². The van der Waals surface area contributed by atoms with Gasteiger partial charge < -0.3 is 24.0 Å². The van der Waals surface area contributed by atoms with Crippen LogP contribution in [-0.2, 0) is 16.1 Å². The Balaban J connectivity index is 1.76. The van der Waals surface area contributed by atoms with E-state index in [1.54, 1.807) is 55.0 Å². The van der Waals surface area contributed by atoms with Gasteiger partial charge in [0.1, 0.15) is 5.76 Å². The van der Waals surface area contributed by atoms with E-state index in [-0.39, 0.29) is 11.3 Å². The molecule has 1 unspecified atom stereocenters. The molecule has 0 radical (unpaired) electrons. The number of carbonyl (C=O) groups excluding carboxylic acids is 2. The number of aromatic nitrogens is 2. The number of aliphatic hydroxyl groups is 1. The maximum atomic E-state index is 13.1. The van der Waals surface area contributed by atoms with E-state index in [0.717, 1.165) is 0 Å². The predicted molar refractivity (Wildman–Crippen MR) is 122 cm³/mol. The maximum Gasteiger partial charge on any atom is 0.295 e. The molecule has 4 rings (SSSR count). The molecule has 1 aromatic heterocycles. The predicted octanol–water partition coefficient (Wildman–Crippen LogP) is 3.41. The first-order valence-corrected chi connectivity index (χ1v) is 10.6. The van der Waals surface area contributed by atoms with E-state index in [4.69, 9.17) is 9.47 Å². The summed E-state index contributed by atoms with van der Waals surface area (Å²) in [5.41, 5.74) is 1.17. The van der Waals surface area contributed by atoms with Gasteiger partial charge in [-0.15, -0.1) is 0 Å². The van der Waals surface area contributed by atoms with Gasteiger partial charge in [-0.2, -0.15) is 0 Å². The number of rotatable bonds is 8. The molecule has 0 spiro atoms. The second kappa shape index (κ2) is 9.60. The monoisotopic (exact) mass is 447 g/mol. The van der Waals surface area contributed by atoms with Crippen LogP contribution < -0.4 is 9.47 Å². The number of benzene rings is 2. The van der Waals surface area contributed by atoms with E-state index in [2.05, 4.69) is 4.98 Å². The van der Waals surface area contributed by atoms with Crippen molar-refractivity contribution < 1.29 is 24.2 Å². The lowest BCUT2D eigenvalue weighted by atomic mass is 9.95. The standard InChI is InChI=1S/C25H25N3O5/c1-32-19-10-9-18(15-20(19)33-2)22-21(23(29)17-7-4-3-5-8-17)24(30)25(31)28(22)13-6-12-27-14-11-26-16-27/h3-5,7-11,14-16,22,29H,6,12-13H2,1-2H3. The number of methoxy groups -OCH3 is 2. The normalized spacial score (nSPS) is 17.4. The summed E-state index contributed by atoms with van der Waals surface area (Å²) < 4.78 is 12.7. The number of aliphatic hydroxyl groups excluding tert-OH is 1. The van der Waals surface area contributed by atoms with Crippen molar-refractivity contribution in [1.82, 2.24) is 14.5 Å².